The summed E-state index contributed by atoms with van der Waals surface area (Å²) in [6.07, 6.45) is -2.95. The Morgan fingerprint density at radius 3 is 2.47 bits per heavy atom. The van der Waals surface area contributed by atoms with E-state index < -0.39 is 35.7 Å². The maximum atomic E-state index is 13.4. The third-order valence-electron chi connectivity index (χ3n) is 6.53. The van der Waals surface area contributed by atoms with E-state index >= 15 is 0 Å². The molecule has 3 aliphatic rings. The zero-order valence-corrected chi connectivity index (χ0v) is 16.5. The van der Waals surface area contributed by atoms with Gasteiger partial charge in [-0.15, -0.1) is 0 Å². The molecule has 1 N–H and O–H groups in total. The molecule has 1 unspecified atom stereocenters. The van der Waals surface area contributed by atoms with Crippen LogP contribution in [0.15, 0.2) is 30.3 Å². The van der Waals surface area contributed by atoms with E-state index in [9.17, 15) is 22.8 Å². The number of halogens is 3. The van der Waals surface area contributed by atoms with Crippen molar-refractivity contribution < 1.29 is 32.6 Å². The molecule has 1 aliphatic carbocycles. The number of carbonyl (C=O) groups is 2. The molecule has 1 aromatic carbocycles. The lowest BCUT2D eigenvalue weighted by Crippen LogP contribution is -2.50. The smallest absolute Gasteiger partial charge is 0.471 e. The Bertz CT molecular complexity index is 793. The minimum Gasteiger partial charge on any atom is -0.480 e. The maximum Gasteiger partial charge on any atom is 0.471 e. The summed E-state index contributed by atoms with van der Waals surface area (Å²) in [7, 11) is 0. The van der Waals surface area contributed by atoms with Gasteiger partial charge in [-0.05, 0) is 31.2 Å². The Morgan fingerprint density at radius 2 is 1.87 bits per heavy atom. The number of ether oxygens (including phenoxy) is 1. The molecule has 0 aromatic heterocycles. The zero-order chi connectivity index (χ0) is 21.5. The van der Waals surface area contributed by atoms with Gasteiger partial charge in [0.1, 0.15) is 0 Å². The summed E-state index contributed by atoms with van der Waals surface area (Å²) in [4.78, 5) is 26.0. The molecule has 30 heavy (non-hydrogen) atoms. The summed E-state index contributed by atoms with van der Waals surface area (Å²) < 4.78 is 46.1. The van der Waals surface area contributed by atoms with Gasteiger partial charge >= 0.3 is 18.1 Å². The Hall–Kier alpha value is -2.13. The number of benzene rings is 1. The van der Waals surface area contributed by atoms with Gasteiger partial charge in [-0.3, -0.25) is 14.5 Å². The lowest BCUT2D eigenvalue weighted by molar-refractivity contribution is -0.188. The molecular formula is C21H25F3N2O4. The number of piperidine rings is 1. The van der Waals surface area contributed by atoms with Crippen molar-refractivity contribution in [2.45, 2.75) is 55.5 Å². The number of nitrogens with zero attached hydrogens (tertiary/aromatic N) is 2. The molecule has 0 radical (unpaired) electrons. The molecule has 1 amide bonds. The fourth-order valence-electron chi connectivity index (χ4n) is 4.94. The number of amides is 1. The summed E-state index contributed by atoms with van der Waals surface area (Å²) >= 11 is 0. The van der Waals surface area contributed by atoms with Gasteiger partial charge in [0.25, 0.3) is 0 Å². The van der Waals surface area contributed by atoms with E-state index in [2.05, 4.69) is 0 Å². The highest BCUT2D eigenvalue weighted by Crippen LogP contribution is 2.49. The highest BCUT2D eigenvalue weighted by atomic mass is 19.4. The fraction of sp³-hybridized carbons (Fsp3) is 0.619. The number of rotatable bonds is 5. The summed E-state index contributed by atoms with van der Waals surface area (Å²) in [5, 5.41) is 8.94. The van der Waals surface area contributed by atoms with Gasteiger partial charge in [-0.1, -0.05) is 30.3 Å². The average molecular weight is 426 g/mol. The first-order valence-corrected chi connectivity index (χ1v) is 10.2. The monoisotopic (exact) mass is 426 g/mol. The van der Waals surface area contributed by atoms with Crippen LogP contribution in [0.1, 0.15) is 37.2 Å². The molecule has 1 aromatic rings. The van der Waals surface area contributed by atoms with E-state index in [1.807, 2.05) is 30.3 Å². The highest BCUT2D eigenvalue weighted by Gasteiger charge is 2.57. The van der Waals surface area contributed by atoms with Gasteiger partial charge in [0.05, 0.1) is 24.8 Å². The van der Waals surface area contributed by atoms with Crippen molar-refractivity contribution in [2.24, 2.45) is 0 Å². The molecule has 9 heteroatoms. The van der Waals surface area contributed by atoms with Gasteiger partial charge in [0.15, 0.2) is 0 Å². The van der Waals surface area contributed by atoms with Crippen LogP contribution in [0.2, 0.25) is 0 Å². The highest BCUT2D eigenvalue weighted by molar-refractivity contribution is 5.83. The van der Waals surface area contributed by atoms with E-state index in [1.54, 1.807) is 4.90 Å². The Balaban J connectivity index is 1.46. The molecule has 4 rings (SSSR count). The van der Waals surface area contributed by atoms with Crippen molar-refractivity contribution in [2.75, 3.05) is 26.2 Å². The molecule has 164 valence electrons. The van der Waals surface area contributed by atoms with E-state index in [-0.39, 0.29) is 19.1 Å². The van der Waals surface area contributed by atoms with E-state index in [0.717, 1.165) is 10.5 Å². The van der Waals surface area contributed by atoms with Gasteiger partial charge < -0.3 is 14.7 Å². The standard InChI is InChI=1S/C21H25F3N2O4/c22-21(23,24)19(29)26(17-10-16(17)14-4-2-1-3-5-14)15-11-20(30-13-15)6-8-25(9-7-20)12-18(27)28/h1-5,15-17H,6-13H2,(H,27,28)/t15?,16-,17+/m0/s1. The Labute approximate surface area is 172 Å². The van der Waals surface area contributed by atoms with Crippen LogP contribution in [0.3, 0.4) is 0 Å². The molecule has 2 saturated heterocycles. The summed E-state index contributed by atoms with van der Waals surface area (Å²) in [6, 6.07) is 8.21. The molecule has 2 aliphatic heterocycles. The van der Waals surface area contributed by atoms with Gasteiger partial charge in [0.2, 0.25) is 0 Å². The SMILES string of the molecule is O=C(O)CN1CCC2(CC1)CC(N(C(=O)C(F)(F)F)[C@@H]1C[C@H]1c1ccccc1)CO2. The quantitative estimate of drug-likeness (QED) is 0.784. The van der Waals surface area contributed by atoms with Crippen LogP contribution in [0.4, 0.5) is 13.2 Å². The van der Waals surface area contributed by atoms with Crippen molar-refractivity contribution >= 4 is 11.9 Å². The average Bonchev–Trinajstić information content (AvgIpc) is 3.38. The van der Waals surface area contributed by atoms with Crippen LogP contribution < -0.4 is 0 Å². The van der Waals surface area contributed by atoms with Gasteiger partial charge in [-0.2, -0.15) is 13.2 Å². The van der Waals surface area contributed by atoms with E-state index in [4.69, 9.17) is 9.84 Å². The lowest BCUT2D eigenvalue weighted by Gasteiger charge is -2.38. The second-order valence-corrected chi connectivity index (χ2v) is 8.55. The van der Waals surface area contributed by atoms with Crippen molar-refractivity contribution in [3.8, 4) is 0 Å². The van der Waals surface area contributed by atoms with Crippen molar-refractivity contribution in [1.82, 2.24) is 9.80 Å². The maximum absolute atomic E-state index is 13.4. The topological polar surface area (TPSA) is 70.1 Å². The lowest BCUT2D eigenvalue weighted by atomic mass is 9.87. The molecule has 3 atom stereocenters. The number of carbonyl (C=O) groups excluding carboxylic acids is 1. The Kier molecular flexibility index (Phi) is 5.52. The number of likely N-dealkylation sites (tertiary alicyclic amines) is 1. The number of carboxylic acids is 1. The first kappa shape index (κ1) is 21.1. The summed E-state index contributed by atoms with van der Waals surface area (Å²) in [6.45, 7) is 1.06. The van der Waals surface area contributed by atoms with Crippen molar-refractivity contribution in [1.29, 1.82) is 0 Å². The normalized spacial score (nSPS) is 28.4. The van der Waals surface area contributed by atoms with E-state index in [1.165, 1.54) is 0 Å². The Morgan fingerprint density at radius 1 is 1.20 bits per heavy atom. The molecule has 6 nitrogen and oxygen atoms in total. The molecule has 3 fully saturated rings. The van der Waals surface area contributed by atoms with Crippen LogP contribution >= 0.6 is 0 Å². The molecule has 2 heterocycles. The number of hydrogen-bond donors (Lipinski definition) is 1. The summed E-state index contributed by atoms with van der Waals surface area (Å²) in [5.74, 6) is -2.79. The van der Waals surface area contributed by atoms with Crippen molar-refractivity contribution in [3.63, 3.8) is 0 Å². The number of carboxylic acid groups (broad SMARTS) is 1. The van der Waals surface area contributed by atoms with E-state index in [0.29, 0.717) is 38.8 Å². The van der Waals surface area contributed by atoms with Crippen LogP contribution in [0.25, 0.3) is 0 Å². The first-order chi connectivity index (χ1) is 14.2. The van der Waals surface area contributed by atoms with Crippen LogP contribution in [0, 0.1) is 0 Å². The van der Waals surface area contributed by atoms with Crippen molar-refractivity contribution in [3.05, 3.63) is 35.9 Å². The molecule has 0 bridgehead atoms. The predicted molar refractivity (Wildman–Crippen MR) is 101 cm³/mol. The van der Waals surface area contributed by atoms with Crippen LogP contribution in [0.5, 0.6) is 0 Å². The largest absolute Gasteiger partial charge is 0.480 e. The fourth-order valence-corrected chi connectivity index (χ4v) is 4.94. The third-order valence-corrected chi connectivity index (χ3v) is 6.53. The number of aliphatic carboxylic acids is 1. The van der Waals surface area contributed by atoms with Gasteiger partial charge in [0, 0.05) is 25.0 Å². The molecular weight excluding hydrogens is 401 g/mol. The molecule has 1 spiro atoms. The molecule has 1 saturated carbocycles. The number of alkyl halides is 3. The minimum atomic E-state index is -4.93. The summed E-state index contributed by atoms with van der Waals surface area (Å²) in [5.41, 5.74) is 0.360. The first-order valence-electron chi connectivity index (χ1n) is 10.2. The van der Waals surface area contributed by atoms with Crippen LogP contribution in [-0.4, -0.2) is 76.9 Å². The van der Waals surface area contributed by atoms with Gasteiger partial charge in [-0.25, -0.2) is 0 Å². The zero-order valence-electron chi connectivity index (χ0n) is 16.5. The third kappa shape index (κ3) is 4.32. The second-order valence-electron chi connectivity index (χ2n) is 8.55. The minimum absolute atomic E-state index is 0.0565. The predicted octanol–water partition coefficient (Wildman–Crippen LogP) is 2.64. The second kappa shape index (κ2) is 7.85. The van der Waals surface area contributed by atoms with Crippen LogP contribution in [-0.2, 0) is 14.3 Å². The number of hydrogen-bond acceptors (Lipinski definition) is 4.